The van der Waals surface area contributed by atoms with Crippen molar-refractivity contribution in [1.82, 2.24) is 4.90 Å². The molecule has 5 heteroatoms. The van der Waals surface area contributed by atoms with Gasteiger partial charge in [-0.05, 0) is 11.1 Å². The highest BCUT2D eigenvalue weighted by molar-refractivity contribution is 5.24. The first-order chi connectivity index (χ1) is 10.1. The SMILES string of the molecule is CC(C(O)CN1CCOCC1)C(O)c1ccc(CO)cc1. The molecule has 1 heterocycles. The van der Waals surface area contributed by atoms with Crippen LogP contribution in [0.3, 0.4) is 0 Å². The van der Waals surface area contributed by atoms with Gasteiger partial charge in [-0.2, -0.15) is 0 Å². The van der Waals surface area contributed by atoms with Crippen molar-refractivity contribution in [2.45, 2.75) is 25.7 Å². The molecule has 0 amide bonds. The summed E-state index contributed by atoms with van der Waals surface area (Å²) in [4.78, 5) is 2.16. The molecule has 0 spiro atoms. The first-order valence-corrected chi connectivity index (χ1v) is 7.47. The number of rotatable bonds is 6. The van der Waals surface area contributed by atoms with Crippen LogP contribution in [0.15, 0.2) is 24.3 Å². The number of morpholine rings is 1. The highest BCUT2D eigenvalue weighted by Gasteiger charge is 2.26. The topological polar surface area (TPSA) is 73.2 Å². The molecule has 1 aliphatic rings. The lowest BCUT2D eigenvalue weighted by Crippen LogP contribution is -2.43. The molecule has 0 radical (unpaired) electrons. The summed E-state index contributed by atoms with van der Waals surface area (Å²) in [6.07, 6.45) is -1.30. The number of aliphatic hydroxyl groups is 3. The minimum absolute atomic E-state index is 0.00835. The van der Waals surface area contributed by atoms with Crippen molar-refractivity contribution in [2.75, 3.05) is 32.8 Å². The maximum absolute atomic E-state index is 10.4. The van der Waals surface area contributed by atoms with E-state index in [2.05, 4.69) is 4.90 Å². The average Bonchev–Trinajstić information content (AvgIpc) is 2.54. The number of hydrogen-bond acceptors (Lipinski definition) is 5. The van der Waals surface area contributed by atoms with Gasteiger partial charge in [0, 0.05) is 25.6 Å². The van der Waals surface area contributed by atoms with Gasteiger partial charge in [0.2, 0.25) is 0 Å². The predicted molar refractivity (Wildman–Crippen MR) is 79.8 cm³/mol. The number of β-amino-alcohol motifs (C(OH)–C–C–N with tert-alkyl or cyclic N) is 1. The Morgan fingerprint density at radius 2 is 1.76 bits per heavy atom. The van der Waals surface area contributed by atoms with E-state index in [9.17, 15) is 10.2 Å². The number of benzene rings is 1. The second kappa shape index (κ2) is 7.87. The van der Waals surface area contributed by atoms with Crippen molar-refractivity contribution < 1.29 is 20.1 Å². The molecular weight excluding hydrogens is 270 g/mol. The highest BCUT2D eigenvalue weighted by atomic mass is 16.5. The number of ether oxygens (including phenoxy) is 1. The van der Waals surface area contributed by atoms with Crippen LogP contribution >= 0.6 is 0 Å². The Bertz CT molecular complexity index is 417. The molecule has 3 atom stereocenters. The third kappa shape index (κ3) is 4.49. The van der Waals surface area contributed by atoms with E-state index < -0.39 is 12.2 Å². The van der Waals surface area contributed by atoms with Crippen LogP contribution in [0.5, 0.6) is 0 Å². The van der Waals surface area contributed by atoms with E-state index in [-0.39, 0.29) is 12.5 Å². The molecule has 1 aromatic carbocycles. The van der Waals surface area contributed by atoms with Crippen LogP contribution < -0.4 is 0 Å². The molecule has 2 rings (SSSR count). The zero-order chi connectivity index (χ0) is 15.2. The van der Waals surface area contributed by atoms with Crippen molar-refractivity contribution in [3.8, 4) is 0 Å². The average molecular weight is 295 g/mol. The molecule has 1 aromatic rings. The molecule has 3 N–H and O–H groups in total. The van der Waals surface area contributed by atoms with E-state index in [4.69, 9.17) is 9.84 Å². The van der Waals surface area contributed by atoms with Gasteiger partial charge in [0.05, 0.1) is 32.0 Å². The van der Waals surface area contributed by atoms with Gasteiger partial charge in [0.1, 0.15) is 0 Å². The fourth-order valence-corrected chi connectivity index (χ4v) is 2.55. The maximum atomic E-state index is 10.4. The van der Waals surface area contributed by atoms with Crippen molar-refractivity contribution in [3.63, 3.8) is 0 Å². The predicted octanol–water partition coefficient (Wildman–Crippen LogP) is 0.541. The maximum Gasteiger partial charge on any atom is 0.0840 e. The Labute approximate surface area is 125 Å². The molecular formula is C16H25NO4. The molecule has 5 nitrogen and oxygen atoms in total. The van der Waals surface area contributed by atoms with E-state index in [0.717, 1.165) is 24.2 Å². The fraction of sp³-hybridized carbons (Fsp3) is 0.625. The van der Waals surface area contributed by atoms with Crippen molar-refractivity contribution in [1.29, 1.82) is 0 Å². The van der Waals surface area contributed by atoms with Gasteiger partial charge in [0.15, 0.2) is 0 Å². The van der Waals surface area contributed by atoms with E-state index in [1.807, 2.05) is 6.92 Å². The van der Waals surface area contributed by atoms with E-state index in [0.29, 0.717) is 19.8 Å². The zero-order valence-electron chi connectivity index (χ0n) is 12.5. The summed E-state index contributed by atoms with van der Waals surface area (Å²) >= 11 is 0. The standard InChI is InChI=1S/C16H25NO4/c1-12(15(19)10-17-6-8-21-9-7-17)16(20)14-4-2-13(11-18)3-5-14/h2-5,12,15-16,18-20H,6-11H2,1H3. The van der Waals surface area contributed by atoms with Crippen LogP contribution in [-0.2, 0) is 11.3 Å². The zero-order valence-corrected chi connectivity index (χ0v) is 12.5. The van der Waals surface area contributed by atoms with Crippen LogP contribution in [0.1, 0.15) is 24.2 Å². The molecule has 118 valence electrons. The molecule has 0 aliphatic carbocycles. The minimum atomic E-state index is -0.714. The summed E-state index contributed by atoms with van der Waals surface area (Å²) in [7, 11) is 0. The summed E-state index contributed by atoms with van der Waals surface area (Å²) in [5.74, 6) is -0.257. The van der Waals surface area contributed by atoms with Gasteiger partial charge in [-0.3, -0.25) is 4.90 Å². The van der Waals surface area contributed by atoms with E-state index in [1.54, 1.807) is 24.3 Å². The van der Waals surface area contributed by atoms with Gasteiger partial charge in [-0.1, -0.05) is 31.2 Å². The largest absolute Gasteiger partial charge is 0.392 e. The molecule has 0 bridgehead atoms. The summed E-state index contributed by atoms with van der Waals surface area (Å²) in [5, 5.41) is 29.7. The minimum Gasteiger partial charge on any atom is -0.392 e. The Morgan fingerprint density at radius 3 is 2.33 bits per heavy atom. The lowest BCUT2D eigenvalue weighted by atomic mass is 9.91. The molecule has 3 unspecified atom stereocenters. The smallest absolute Gasteiger partial charge is 0.0840 e. The second-order valence-electron chi connectivity index (χ2n) is 5.68. The molecule has 1 fully saturated rings. The Kier molecular flexibility index (Phi) is 6.14. The van der Waals surface area contributed by atoms with Crippen LogP contribution in [0.2, 0.25) is 0 Å². The number of hydrogen-bond donors (Lipinski definition) is 3. The summed E-state index contributed by atoms with van der Waals surface area (Å²) in [5.41, 5.74) is 1.58. The van der Waals surface area contributed by atoms with Gasteiger partial charge in [-0.25, -0.2) is 0 Å². The van der Waals surface area contributed by atoms with E-state index in [1.165, 1.54) is 0 Å². The van der Waals surface area contributed by atoms with Crippen molar-refractivity contribution in [2.24, 2.45) is 5.92 Å². The Hall–Kier alpha value is -0.980. The molecule has 0 saturated carbocycles. The third-order valence-electron chi connectivity index (χ3n) is 4.16. The number of nitrogens with zero attached hydrogens (tertiary/aromatic N) is 1. The van der Waals surface area contributed by atoms with Gasteiger partial charge in [-0.15, -0.1) is 0 Å². The van der Waals surface area contributed by atoms with E-state index >= 15 is 0 Å². The Morgan fingerprint density at radius 1 is 1.14 bits per heavy atom. The number of aliphatic hydroxyl groups excluding tert-OH is 3. The molecule has 1 saturated heterocycles. The first kappa shape index (κ1) is 16.4. The lowest BCUT2D eigenvalue weighted by Gasteiger charge is -2.32. The fourth-order valence-electron chi connectivity index (χ4n) is 2.55. The van der Waals surface area contributed by atoms with Crippen LogP contribution in [0, 0.1) is 5.92 Å². The van der Waals surface area contributed by atoms with Crippen molar-refractivity contribution >= 4 is 0 Å². The van der Waals surface area contributed by atoms with Gasteiger partial charge < -0.3 is 20.1 Å². The molecule has 0 aromatic heterocycles. The monoisotopic (exact) mass is 295 g/mol. The summed E-state index contributed by atoms with van der Waals surface area (Å²) < 4.78 is 5.29. The first-order valence-electron chi connectivity index (χ1n) is 7.47. The molecule has 21 heavy (non-hydrogen) atoms. The van der Waals surface area contributed by atoms with Gasteiger partial charge in [0.25, 0.3) is 0 Å². The second-order valence-corrected chi connectivity index (χ2v) is 5.68. The summed E-state index contributed by atoms with van der Waals surface area (Å²) in [6.45, 7) is 5.45. The highest BCUT2D eigenvalue weighted by Crippen LogP contribution is 2.25. The normalized spacial score (nSPS) is 21.0. The lowest BCUT2D eigenvalue weighted by molar-refractivity contribution is -0.0239. The molecule has 1 aliphatic heterocycles. The van der Waals surface area contributed by atoms with Crippen LogP contribution in [-0.4, -0.2) is 59.2 Å². The van der Waals surface area contributed by atoms with Crippen LogP contribution in [0.25, 0.3) is 0 Å². The summed E-state index contributed by atoms with van der Waals surface area (Å²) in [6, 6.07) is 7.18. The van der Waals surface area contributed by atoms with Crippen LogP contribution in [0.4, 0.5) is 0 Å². The van der Waals surface area contributed by atoms with Crippen molar-refractivity contribution in [3.05, 3.63) is 35.4 Å². The third-order valence-corrected chi connectivity index (χ3v) is 4.16. The quantitative estimate of drug-likeness (QED) is 0.714. The Balaban J connectivity index is 1.91. The van der Waals surface area contributed by atoms with Gasteiger partial charge >= 0.3 is 0 Å².